The molecule has 16 heavy (non-hydrogen) atoms. The van der Waals surface area contributed by atoms with Gasteiger partial charge >= 0.3 is 0 Å². The lowest BCUT2D eigenvalue weighted by Gasteiger charge is -2.23. The van der Waals surface area contributed by atoms with Crippen LogP contribution >= 0.6 is 0 Å². The summed E-state index contributed by atoms with van der Waals surface area (Å²) >= 11 is 0. The van der Waals surface area contributed by atoms with Crippen molar-refractivity contribution in [1.82, 2.24) is 4.90 Å². The highest BCUT2D eigenvalue weighted by molar-refractivity contribution is 5.76. The molecule has 0 aromatic heterocycles. The van der Waals surface area contributed by atoms with Gasteiger partial charge in [0.2, 0.25) is 5.91 Å². The number of unbranched alkanes of at least 4 members (excludes halogenated alkanes) is 1. The minimum absolute atomic E-state index is 0.325. The van der Waals surface area contributed by atoms with Crippen molar-refractivity contribution in [2.24, 2.45) is 11.7 Å². The Morgan fingerprint density at radius 3 is 2.56 bits per heavy atom. The lowest BCUT2D eigenvalue weighted by Crippen LogP contribution is -2.36. The van der Waals surface area contributed by atoms with E-state index in [4.69, 9.17) is 5.73 Å². The molecule has 0 aromatic carbocycles. The maximum atomic E-state index is 12.1. The van der Waals surface area contributed by atoms with Crippen LogP contribution in [0.3, 0.4) is 0 Å². The largest absolute Gasteiger partial charge is 0.341 e. The summed E-state index contributed by atoms with van der Waals surface area (Å²) in [5.74, 6) is 0.972. The molecule has 0 aromatic rings. The number of nitrogens with two attached hydrogens (primary N) is 1. The standard InChI is InChI=1S/C13H26N2O/c1-2-3-9-15(10-8-14)13(16)11-12-6-4-5-7-12/h12H,2-11,14H2,1H3. The third kappa shape index (κ3) is 4.52. The van der Waals surface area contributed by atoms with E-state index in [2.05, 4.69) is 6.92 Å². The van der Waals surface area contributed by atoms with Crippen LogP contribution in [0.4, 0.5) is 0 Å². The average Bonchev–Trinajstić information content (AvgIpc) is 2.76. The lowest BCUT2D eigenvalue weighted by molar-refractivity contribution is -0.132. The summed E-state index contributed by atoms with van der Waals surface area (Å²) in [5.41, 5.74) is 5.55. The number of nitrogens with zero attached hydrogens (tertiary/aromatic N) is 1. The SMILES string of the molecule is CCCCN(CCN)C(=O)CC1CCCC1. The van der Waals surface area contributed by atoms with E-state index in [0.717, 1.165) is 32.4 Å². The van der Waals surface area contributed by atoms with Gasteiger partial charge in [0, 0.05) is 26.1 Å². The molecule has 0 spiro atoms. The quantitative estimate of drug-likeness (QED) is 0.723. The van der Waals surface area contributed by atoms with E-state index in [9.17, 15) is 4.79 Å². The van der Waals surface area contributed by atoms with E-state index >= 15 is 0 Å². The third-order valence-corrected chi connectivity index (χ3v) is 3.47. The van der Waals surface area contributed by atoms with Gasteiger partial charge in [-0.3, -0.25) is 4.79 Å². The van der Waals surface area contributed by atoms with Crippen molar-refractivity contribution in [3.63, 3.8) is 0 Å². The molecule has 1 fully saturated rings. The second-order valence-electron chi connectivity index (χ2n) is 4.88. The minimum atomic E-state index is 0.325. The summed E-state index contributed by atoms with van der Waals surface area (Å²) in [6, 6.07) is 0. The van der Waals surface area contributed by atoms with E-state index in [1.54, 1.807) is 0 Å². The van der Waals surface area contributed by atoms with Crippen LogP contribution in [0.25, 0.3) is 0 Å². The molecule has 0 saturated heterocycles. The van der Waals surface area contributed by atoms with E-state index in [-0.39, 0.29) is 0 Å². The minimum Gasteiger partial charge on any atom is -0.341 e. The fourth-order valence-corrected chi connectivity index (χ4v) is 2.46. The zero-order chi connectivity index (χ0) is 11.8. The van der Waals surface area contributed by atoms with Gasteiger partial charge in [0.25, 0.3) is 0 Å². The van der Waals surface area contributed by atoms with Crippen LogP contribution in [-0.2, 0) is 4.79 Å². The molecular weight excluding hydrogens is 200 g/mol. The Morgan fingerprint density at radius 2 is 2.00 bits per heavy atom. The number of rotatable bonds is 7. The van der Waals surface area contributed by atoms with Gasteiger partial charge in [-0.05, 0) is 25.2 Å². The Balaban J connectivity index is 2.32. The zero-order valence-corrected chi connectivity index (χ0v) is 10.6. The van der Waals surface area contributed by atoms with E-state index in [1.807, 2.05) is 4.90 Å². The van der Waals surface area contributed by atoms with Crippen LogP contribution in [0.2, 0.25) is 0 Å². The first-order chi connectivity index (χ1) is 7.77. The number of hydrogen-bond acceptors (Lipinski definition) is 2. The summed E-state index contributed by atoms with van der Waals surface area (Å²) in [7, 11) is 0. The topological polar surface area (TPSA) is 46.3 Å². The average molecular weight is 226 g/mol. The summed E-state index contributed by atoms with van der Waals surface area (Å²) in [6.07, 6.45) is 8.09. The van der Waals surface area contributed by atoms with Crippen molar-refractivity contribution in [1.29, 1.82) is 0 Å². The van der Waals surface area contributed by atoms with Crippen LogP contribution in [0, 0.1) is 5.92 Å². The van der Waals surface area contributed by atoms with Crippen LogP contribution in [0.1, 0.15) is 51.9 Å². The fourth-order valence-electron chi connectivity index (χ4n) is 2.46. The third-order valence-electron chi connectivity index (χ3n) is 3.47. The summed E-state index contributed by atoms with van der Waals surface area (Å²) in [6.45, 7) is 4.35. The molecule has 1 aliphatic carbocycles. The van der Waals surface area contributed by atoms with Crippen molar-refractivity contribution in [2.45, 2.75) is 51.9 Å². The van der Waals surface area contributed by atoms with Crippen LogP contribution in [0.5, 0.6) is 0 Å². The van der Waals surface area contributed by atoms with E-state index in [1.165, 1.54) is 25.7 Å². The van der Waals surface area contributed by atoms with Gasteiger partial charge in [0.1, 0.15) is 0 Å². The highest BCUT2D eigenvalue weighted by atomic mass is 16.2. The molecule has 0 unspecified atom stereocenters. The van der Waals surface area contributed by atoms with E-state index in [0.29, 0.717) is 18.4 Å². The van der Waals surface area contributed by atoms with E-state index < -0.39 is 0 Å². The van der Waals surface area contributed by atoms with Crippen molar-refractivity contribution in [3.05, 3.63) is 0 Å². The highest BCUT2D eigenvalue weighted by Crippen LogP contribution is 2.28. The van der Waals surface area contributed by atoms with Crippen LogP contribution < -0.4 is 5.73 Å². The molecule has 1 amide bonds. The first-order valence-corrected chi connectivity index (χ1v) is 6.75. The molecule has 0 bridgehead atoms. The normalized spacial score (nSPS) is 16.6. The van der Waals surface area contributed by atoms with Gasteiger partial charge in [0.15, 0.2) is 0 Å². The molecule has 0 atom stereocenters. The first-order valence-electron chi connectivity index (χ1n) is 6.75. The van der Waals surface area contributed by atoms with Crippen molar-refractivity contribution < 1.29 is 4.79 Å². The monoisotopic (exact) mass is 226 g/mol. The van der Waals surface area contributed by atoms with Crippen LogP contribution in [-0.4, -0.2) is 30.4 Å². The number of carbonyl (C=O) groups excluding carboxylic acids is 1. The molecule has 1 rings (SSSR count). The molecule has 0 heterocycles. The van der Waals surface area contributed by atoms with Gasteiger partial charge in [0.05, 0.1) is 0 Å². The lowest BCUT2D eigenvalue weighted by atomic mass is 10.0. The Morgan fingerprint density at radius 1 is 1.31 bits per heavy atom. The second kappa shape index (κ2) is 7.66. The Kier molecular flexibility index (Phi) is 6.46. The van der Waals surface area contributed by atoms with Gasteiger partial charge < -0.3 is 10.6 Å². The molecule has 0 radical (unpaired) electrons. The molecule has 0 aliphatic heterocycles. The highest BCUT2D eigenvalue weighted by Gasteiger charge is 2.21. The second-order valence-corrected chi connectivity index (χ2v) is 4.88. The number of hydrogen-bond donors (Lipinski definition) is 1. The Hall–Kier alpha value is -0.570. The predicted molar refractivity (Wildman–Crippen MR) is 67.1 cm³/mol. The number of amides is 1. The molecule has 1 aliphatic rings. The summed E-state index contributed by atoms with van der Waals surface area (Å²) in [4.78, 5) is 14.0. The summed E-state index contributed by atoms with van der Waals surface area (Å²) in [5, 5.41) is 0. The molecule has 3 nitrogen and oxygen atoms in total. The maximum Gasteiger partial charge on any atom is 0.222 e. The maximum absolute atomic E-state index is 12.1. The van der Waals surface area contributed by atoms with Crippen LogP contribution in [0.15, 0.2) is 0 Å². The Bertz CT molecular complexity index is 200. The van der Waals surface area contributed by atoms with Crippen molar-refractivity contribution in [3.8, 4) is 0 Å². The van der Waals surface area contributed by atoms with Crippen molar-refractivity contribution in [2.75, 3.05) is 19.6 Å². The predicted octanol–water partition coefficient (Wildman–Crippen LogP) is 2.15. The molecular formula is C13H26N2O. The van der Waals surface area contributed by atoms with Gasteiger partial charge in [-0.15, -0.1) is 0 Å². The molecule has 94 valence electrons. The fraction of sp³-hybridized carbons (Fsp3) is 0.923. The molecule has 3 heteroatoms. The molecule has 2 N–H and O–H groups in total. The summed E-state index contributed by atoms with van der Waals surface area (Å²) < 4.78 is 0. The number of carbonyl (C=O) groups is 1. The van der Waals surface area contributed by atoms with Gasteiger partial charge in [-0.1, -0.05) is 26.2 Å². The molecule has 1 saturated carbocycles. The zero-order valence-electron chi connectivity index (χ0n) is 10.6. The Labute approximate surface area is 99.4 Å². The first kappa shape index (κ1) is 13.5. The van der Waals surface area contributed by atoms with Gasteiger partial charge in [-0.25, -0.2) is 0 Å². The van der Waals surface area contributed by atoms with Gasteiger partial charge in [-0.2, -0.15) is 0 Å². The smallest absolute Gasteiger partial charge is 0.222 e. The van der Waals surface area contributed by atoms with Crippen molar-refractivity contribution >= 4 is 5.91 Å².